The highest BCUT2D eigenvalue weighted by atomic mass is 32.1. The van der Waals surface area contributed by atoms with E-state index in [4.69, 9.17) is 0 Å². The highest BCUT2D eigenvalue weighted by Gasteiger charge is 2.16. The molecule has 0 fully saturated rings. The van der Waals surface area contributed by atoms with Crippen LogP contribution in [0.3, 0.4) is 0 Å². The standard InChI is InChI=1S/C18H22N2OS/c1-4-11-20(16-8-6-5-7-9-16)18(21)14-19(3)13-17-15(2)10-12-22-17/h4-10,12H,1,11,13-14H2,2-3H3. The Kier molecular flexibility index (Phi) is 5.92. The van der Waals surface area contributed by atoms with Crippen molar-refractivity contribution in [3.05, 3.63) is 64.9 Å². The Morgan fingerprint density at radius 2 is 2.00 bits per heavy atom. The van der Waals surface area contributed by atoms with E-state index in [0.717, 1.165) is 12.2 Å². The van der Waals surface area contributed by atoms with Gasteiger partial charge in [0.05, 0.1) is 6.54 Å². The molecule has 1 aromatic heterocycles. The van der Waals surface area contributed by atoms with Gasteiger partial charge in [-0.2, -0.15) is 0 Å². The summed E-state index contributed by atoms with van der Waals surface area (Å²) in [7, 11) is 1.98. The number of anilines is 1. The lowest BCUT2D eigenvalue weighted by molar-refractivity contribution is -0.119. The number of likely N-dealkylation sites (N-methyl/N-ethyl adjacent to an activating group) is 1. The van der Waals surface area contributed by atoms with Gasteiger partial charge in [-0.3, -0.25) is 9.69 Å². The normalized spacial score (nSPS) is 10.7. The summed E-state index contributed by atoms with van der Waals surface area (Å²) in [5.41, 5.74) is 2.20. The van der Waals surface area contributed by atoms with Crippen molar-refractivity contribution in [1.82, 2.24) is 4.90 Å². The predicted molar refractivity (Wildman–Crippen MR) is 94.4 cm³/mol. The summed E-state index contributed by atoms with van der Waals surface area (Å²) < 4.78 is 0. The molecule has 1 aromatic carbocycles. The molecule has 0 saturated heterocycles. The van der Waals surface area contributed by atoms with E-state index < -0.39 is 0 Å². The van der Waals surface area contributed by atoms with E-state index in [1.54, 1.807) is 22.3 Å². The molecule has 0 spiro atoms. The topological polar surface area (TPSA) is 23.6 Å². The summed E-state index contributed by atoms with van der Waals surface area (Å²) in [6.45, 7) is 7.57. The predicted octanol–water partition coefficient (Wildman–Crippen LogP) is 3.71. The molecule has 4 heteroatoms. The molecule has 0 atom stereocenters. The molecule has 1 heterocycles. The van der Waals surface area contributed by atoms with Gasteiger partial charge in [0.15, 0.2) is 0 Å². The van der Waals surface area contributed by atoms with Gasteiger partial charge in [-0.1, -0.05) is 24.3 Å². The second kappa shape index (κ2) is 7.92. The van der Waals surface area contributed by atoms with E-state index in [1.807, 2.05) is 37.4 Å². The van der Waals surface area contributed by atoms with Gasteiger partial charge in [0, 0.05) is 23.7 Å². The van der Waals surface area contributed by atoms with E-state index in [1.165, 1.54) is 10.4 Å². The minimum atomic E-state index is 0.0859. The van der Waals surface area contributed by atoms with Crippen LogP contribution >= 0.6 is 11.3 Å². The van der Waals surface area contributed by atoms with Crippen molar-refractivity contribution in [2.24, 2.45) is 0 Å². The van der Waals surface area contributed by atoms with E-state index >= 15 is 0 Å². The number of hydrogen-bond acceptors (Lipinski definition) is 3. The molecular formula is C18H22N2OS. The van der Waals surface area contributed by atoms with Crippen molar-refractivity contribution < 1.29 is 4.79 Å². The smallest absolute Gasteiger partial charge is 0.241 e. The minimum Gasteiger partial charge on any atom is -0.308 e. The molecule has 0 N–H and O–H groups in total. The van der Waals surface area contributed by atoms with Crippen LogP contribution in [-0.2, 0) is 11.3 Å². The van der Waals surface area contributed by atoms with Crippen LogP contribution in [0.5, 0.6) is 0 Å². The molecule has 2 aromatic rings. The van der Waals surface area contributed by atoms with Crippen molar-refractivity contribution >= 4 is 22.9 Å². The van der Waals surface area contributed by atoms with Gasteiger partial charge < -0.3 is 4.90 Å². The third-order valence-corrected chi connectivity index (χ3v) is 4.48. The fraction of sp³-hybridized carbons (Fsp3) is 0.278. The van der Waals surface area contributed by atoms with Crippen LogP contribution in [-0.4, -0.2) is 30.9 Å². The quantitative estimate of drug-likeness (QED) is 0.727. The maximum absolute atomic E-state index is 12.6. The van der Waals surface area contributed by atoms with Crippen LogP contribution < -0.4 is 4.90 Å². The van der Waals surface area contributed by atoms with E-state index in [-0.39, 0.29) is 5.91 Å². The fourth-order valence-corrected chi connectivity index (χ4v) is 3.26. The minimum absolute atomic E-state index is 0.0859. The maximum atomic E-state index is 12.6. The highest BCUT2D eigenvalue weighted by Crippen LogP contribution is 2.18. The first-order valence-corrected chi connectivity index (χ1v) is 8.17. The van der Waals surface area contributed by atoms with Crippen LogP contribution in [0, 0.1) is 6.92 Å². The lowest BCUT2D eigenvalue weighted by atomic mass is 10.2. The molecule has 2 rings (SSSR count). The largest absolute Gasteiger partial charge is 0.308 e. The number of amides is 1. The van der Waals surface area contributed by atoms with Gasteiger partial charge >= 0.3 is 0 Å². The zero-order valence-corrected chi connectivity index (χ0v) is 14.0. The van der Waals surface area contributed by atoms with Crippen molar-refractivity contribution in [3.8, 4) is 0 Å². The van der Waals surface area contributed by atoms with Crippen LogP contribution in [0.1, 0.15) is 10.4 Å². The van der Waals surface area contributed by atoms with Crippen molar-refractivity contribution in [2.45, 2.75) is 13.5 Å². The third kappa shape index (κ3) is 4.29. The van der Waals surface area contributed by atoms with Crippen LogP contribution in [0.15, 0.2) is 54.4 Å². The number of rotatable bonds is 7. The second-order valence-electron chi connectivity index (χ2n) is 5.33. The molecular weight excluding hydrogens is 292 g/mol. The zero-order chi connectivity index (χ0) is 15.9. The Morgan fingerprint density at radius 1 is 1.27 bits per heavy atom. The summed E-state index contributed by atoms with van der Waals surface area (Å²) in [4.78, 5) is 17.7. The molecule has 1 amide bonds. The molecule has 116 valence electrons. The van der Waals surface area contributed by atoms with Gasteiger partial charge in [-0.05, 0) is 43.1 Å². The van der Waals surface area contributed by atoms with Gasteiger partial charge in [-0.25, -0.2) is 0 Å². The average molecular weight is 314 g/mol. The summed E-state index contributed by atoms with van der Waals surface area (Å²) in [6, 6.07) is 11.8. The molecule has 22 heavy (non-hydrogen) atoms. The van der Waals surface area contributed by atoms with Crippen molar-refractivity contribution in [3.63, 3.8) is 0 Å². The summed E-state index contributed by atoms with van der Waals surface area (Å²) in [6.07, 6.45) is 1.76. The molecule has 0 radical (unpaired) electrons. The Labute approximate surface area is 136 Å². The van der Waals surface area contributed by atoms with Crippen LogP contribution in [0.4, 0.5) is 5.69 Å². The number of carbonyl (C=O) groups is 1. The van der Waals surface area contributed by atoms with Crippen molar-refractivity contribution in [2.75, 3.05) is 25.0 Å². The lowest BCUT2D eigenvalue weighted by Gasteiger charge is -2.24. The number of para-hydroxylation sites is 1. The van der Waals surface area contributed by atoms with Gasteiger partial charge in [-0.15, -0.1) is 17.9 Å². The molecule has 0 aliphatic rings. The number of nitrogens with zero attached hydrogens (tertiary/aromatic N) is 2. The molecule has 0 bridgehead atoms. The lowest BCUT2D eigenvalue weighted by Crippen LogP contribution is -2.39. The maximum Gasteiger partial charge on any atom is 0.241 e. The van der Waals surface area contributed by atoms with E-state index in [0.29, 0.717) is 13.1 Å². The molecule has 0 aliphatic carbocycles. The first-order chi connectivity index (χ1) is 10.6. The van der Waals surface area contributed by atoms with Gasteiger partial charge in [0.1, 0.15) is 0 Å². The SMILES string of the molecule is C=CCN(C(=O)CN(C)Cc1sccc1C)c1ccccc1. The first-order valence-electron chi connectivity index (χ1n) is 7.29. The Balaban J connectivity index is 2.02. The number of carbonyl (C=O) groups excluding carboxylic acids is 1. The monoisotopic (exact) mass is 314 g/mol. The Bertz CT molecular complexity index is 621. The highest BCUT2D eigenvalue weighted by molar-refractivity contribution is 7.10. The van der Waals surface area contributed by atoms with Crippen LogP contribution in [0.2, 0.25) is 0 Å². The number of hydrogen-bond donors (Lipinski definition) is 0. The molecule has 0 unspecified atom stereocenters. The molecule has 0 saturated carbocycles. The molecule has 0 aliphatic heterocycles. The summed E-state index contributed by atoms with van der Waals surface area (Å²) >= 11 is 1.74. The Hall–Kier alpha value is -1.91. The van der Waals surface area contributed by atoms with E-state index in [9.17, 15) is 4.79 Å². The third-order valence-electron chi connectivity index (χ3n) is 3.47. The van der Waals surface area contributed by atoms with Gasteiger partial charge in [0.25, 0.3) is 0 Å². The first kappa shape index (κ1) is 16.5. The average Bonchev–Trinajstić information content (AvgIpc) is 2.90. The summed E-state index contributed by atoms with van der Waals surface area (Å²) in [5, 5.41) is 2.09. The van der Waals surface area contributed by atoms with Crippen LogP contribution in [0.25, 0.3) is 0 Å². The van der Waals surface area contributed by atoms with Gasteiger partial charge in [0.2, 0.25) is 5.91 Å². The molecule has 3 nitrogen and oxygen atoms in total. The van der Waals surface area contributed by atoms with E-state index in [2.05, 4.69) is 29.8 Å². The summed E-state index contributed by atoms with van der Waals surface area (Å²) in [5.74, 6) is 0.0859. The van der Waals surface area contributed by atoms with Crippen molar-refractivity contribution in [1.29, 1.82) is 0 Å². The number of thiophene rings is 1. The number of aryl methyl sites for hydroxylation is 1. The second-order valence-corrected chi connectivity index (χ2v) is 6.33. The number of benzene rings is 1. The zero-order valence-electron chi connectivity index (χ0n) is 13.2. The fourth-order valence-electron chi connectivity index (χ4n) is 2.27. The Morgan fingerprint density at radius 3 is 2.59 bits per heavy atom.